The van der Waals surface area contributed by atoms with Crippen LogP contribution in [-0.4, -0.2) is 15.9 Å². The standard InChI is InChI=1S/C13H13F2N3O/c1-7-6-16-12(17-7)8(2)18-13(19)11-9(14)4-3-5-10(11)15/h3-6,8H,1-2H3,(H,16,17)(H,18,19)/t8-/m0/s1. The molecule has 0 aliphatic heterocycles. The van der Waals surface area contributed by atoms with Gasteiger partial charge in [0.05, 0.1) is 6.04 Å². The molecule has 100 valence electrons. The first kappa shape index (κ1) is 13.2. The summed E-state index contributed by atoms with van der Waals surface area (Å²) in [6.45, 7) is 3.50. The van der Waals surface area contributed by atoms with Gasteiger partial charge in [0.2, 0.25) is 0 Å². The van der Waals surface area contributed by atoms with Gasteiger partial charge in [0.25, 0.3) is 5.91 Å². The van der Waals surface area contributed by atoms with E-state index >= 15 is 0 Å². The third-order valence-corrected chi connectivity index (χ3v) is 2.67. The van der Waals surface area contributed by atoms with Gasteiger partial charge in [0, 0.05) is 11.9 Å². The Hall–Kier alpha value is -2.24. The molecule has 0 unspecified atom stereocenters. The van der Waals surface area contributed by atoms with Gasteiger partial charge in [0.15, 0.2) is 0 Å². The number of carbonyl (C=O) groups excluding carboxylic acids is 1. The zero-order valence-corrected chi connectivity index (χ0v) is 10.5. The van der Waals surface area contributed by atoms with E-state index in [9.17, 15) is 13.6 Å². The van der Waals surface area contributed by atoms with Gasteiger partial charge in [-0.15, -0.1) is 0 Å². The normalized spacial score (nSPS) is 12.2. The van der Waals surface area contributed by atoms with Crippen molar-refractivity contribution < 1.29 is 13.6 Å². The van der Waals surface area contributed by atoms with E-state index in [2.05, 4.69) is 15.3 Å². The van der Waals surface area contributed by atoms with Crippen molar-refractivity contribution in [3.05, 3.63) is 53.1 Å². The van der Waals surface area contributed by atoms with E-state index in [0.29, 0.717) is 5.82 Å². The Morgan fingerprint density at radius 1 is 1.37 bits per heavy atom. The molecule has 0 saturated heterocycles. The number of carbonyl (C=O) groups is 1. The molecule has 19 heavy (non-hydrogen) atoms. The average Bonchev–Trinajstić information content (AvgIpc) is 2.75. The SMILES string of the molecule is Cc1cnc([C@H](C)NC(=O)c2c(F)cccc2F)[nH]1. The van der Waals surface area contributed by atoms with E-state index < -0.39 is 29.1 Å². The molecule has 2 rings (SSSR count). The summed E-state index contributed by atoms with van der Waals surface area (Å²) < 4.78 is 26.9. The lowest BCUT2D eigenvalue weighted by Crippen LogP contribution is -2.29. The van der Waals surface area contributed by atoms with Crippen LogP contribution >= 0.6 is 0 Å². The summed E-state index contributed by atoms with van der Waals surface area (Å²) in [5, 5.41) is 2.49. The number of benzene rings is 1. The van der Waals surface area contributed by atoms with Gasteiger partial charge >= 0.3 is 0 Å². The maximum atomic E-state index is 13.4. The molecule has 0 aliphatic rings. The van der Waals surface area contributed by atoms with E-state index in [4.69, 9.17) is 0 Å². The first-order chi connectivity index (χ1) is 8.99. The van der Waals surface area contributed by atoms with Crippen molar-refractivity contribution in [2.75, 3.05) is 0 Å². The van der Waals surface area contributed by atoms with Crippen LogP contribution in [0.3, 0.4) is 0 Å². The Labute approximate surface area is 108 Å². The fourth-order valence-corrected chi connectivity index (χ4v) is 1.70. The number of nitrogens with one attached hydrogen (secondary N) is 2. The molecule has 0 spiro atoms. The van der Waals surface area contributed by atoms with E-state index in [1.54, 1.807) is 13.1 Å². The topological polar surface area (TPSA) is 57.8 Å². The molecular weight excluding hydrogens is 252 g/mol. The first-order valence-corrected chi connectivity index (χ1v) is 5.75. The number of nitrogens with zero attached hydrogens (tertiary/aromatic N) is 1. The summed E-state index contributed by atoms with van der Waals surface area (Å²) in [5.74, 6) is -2.06. The van der Waals surface area contributed by atoms with Crippen molar-refractivity contribution in [1.29, 1.82) is 0 Å². The van der Waals surface area contributed by atoms with Crippen LogP contribution in [0.4, 0.5) is 8.78 Å². The minimum absolute atomic E-state index is 0.472. The monoisotopic (exact) mass is 265 g/mol. The first-order valence-electron chi connectivity index (χ1n) is 5.75. The van der Waals surface area contributed by atoms with Crippen molar-refractivity contribution in [2.24, 2.45) is 0 Å². The lowest BCUT2D eigenvalue weighted by molar-refractivity contribution is 0.0930. The molecule has 0 radical (unpaired) electrons. The third-order valence-electron chi connectivity index (χ3n) is 2.67. The Morgan fingerprint density at radius 3 is 2.53 bits per heavy atom. The van der Waals surface area contributed by atoms with E-state index in [0.717, 1.165) is 17.8 Å². The highest BCUT2D eigenvalue weighted by molar-refractivity contribution is 5.94. The van der Waals surface area contributed by atoms with Crippen molar-refractivity contribution in [1.82, 2.24) is 15.3 Å². The number of H-pyrrole nitrogens is 1. The van der Waals surface area contributed by atoms with Crippen LogP contribution in [-0.2, 0) is 0 Å². The second kappa shape index (κ2) is 5.17. The van der Waals surface area contributed by atoms with Gasteiger partial charge in [-0.25, -0.2) is 13.8 Å². The summed E-state index contributed by atoms with van der Waals surface area (Å²) in [6.07, 6.45) is 1.61. The molecule has 1 amide bonds. The van der Waals surface area contributed by atoms with Gasteiger partial charge in [-0.05, 0) is 26.0 Å². The van der Waals surface area contributed by atoms with E-state index in [1.807, 2.05) is 6.92 Å². The number of hydrogen-bond acceptors (Lipinski definition) is 2. The summed E-state index contributed by atoms with van der Waals surface area (Å²) >= 11 is 0. The molecular formula is C13H13F2N3O. The predicted molar refractivity (Wildman–Crippen MR) is 65.6 cm³/mol. The summed E-state index contributed by atoms with van der Waals surface area (Å²) in [7, 11) is 0. The average molecular weight is 265 g/mol. The fraction of sp³-hybridized carbons (Fsp3) is 0.231. The van der Waals surface area contributed by atoms with Crippen LogP contribution in [0.5, 0.6) is 0 Å². The fourth-order valence-electron chi connectivity index (χ4n) is 1.70. The molecule has 1 aromatic heterocycles. The largest absolute Gasteiger partial charge is 0.344 e. The van der Waals surface area contributed by atoms with Crippen LogP contribution in [0.15, 0.2) is 24.4 Å². The highest BCUT2D eigenvalue weighted by atomic mass is 19.1. The molecule has 1 atom stereocenters. The number of imidazole rings is 1. The highest BCUT2D eigenvalue weighted by Gasteiger charge is 2.20. The number of aromatic amines is 1. The number of halogens is 2. The van der Waals surface area contributed by atoms with Crippen molar-refractivity contribution in [2.45, 2.75) is 19.9 Å². The van der Waals surface area contributed by atoms with Crippen molar-refractivity contribution in [3.63, 3.8) is 0 Å². The maximum Gasteiger partial charge on any atom is 0.257 e. The molecule has 1 aromatic carbocycles. The maximum absolute atomic E-state index is 13.4. The lowest BCUT2D eigenvalue weighted by atomic mass is 10.1. The Balaban J connectivity index is 2.17. The molecule has 2 aromatic rings. The Kier molecular flexibility index (Phi) is 3.59. The van der Waals surface area contributed by atoms with E-state index in [1.165, 1.54) is 6.07 Å². The summed E-state index contributed by atoms with van der Waals surface area (Å²) in [4.78, 5) is 18.8. The second-order valence-corrected chi connectivity index (χ2v) is 4.24. The van der Waals surface area contributed by atoms with Gasteiger partial charge in [-0.2, -0.15) is 0 Å². The second-order valence-electron chi connectivity index (χ2n) is 4.24. The molecule has 0 aliphatic carbocycles. The quantitative estimate of drug-likeness (QED) is 0.895. The molecule has 1 heterocycles. The molecule has 4 nitrogen and oxygen atoms in total. The number of hydrogen-bond donors (Lipinski definition) is 2. The summed E-state index contributed by atoms with van der Waals surface area (Å²) in [6, 6.07) is 2.82. The van der Waals surface area contributed by atoms with Crippen LogP contribution in [0.25, 0.3) is 0 Å². The van der Waals surface area contributed by atoms with E-state index in [-0.39, 0.29) is 0 Å². The molecule has 0 saturated carbocycles. The smallest absolute Gasteiger partial charge is 0.257 e. The van der Waals surface area contributed by atoms with Gasteiger partial charge in [-0.3, -0.25) is 4.79 Å². The van der Waals surface area contributed by atoms with Crippen molar-refractivity contribution in [3.8, 4) is 0 Å². The number of aryl methyl sites for hydroxylation is 1. The molecule has 0 fully saturated rings. The van der Waals surface area contributed by atoms with Crippen LogP contribution in [0, 0.1) is 18.6 Å². The summed E-state index contributed by atoms with van der Waals surface area (Å²) in [5.41, 5.74) is 0.255. The highest BCUT2D eigenvalue weighted by Crippen LogP contribution is 2.14. The predicted octanol–water partition coefficient (Wildman–Crippen LogP) is 2.49. The zero-order valence-electron chi connectivity index (χ0n) is 10.5. The number of amides is 1. The molecule has 6 heteroatoms. The number of aromatic nitrogens is 2. The van der Waals surface area contributed by atoms with Crippen LogP contribution < -0.4 is 5.32 Å². The van der Waals surface area contributed by atoms with Crippen LogP contribution in [0.1, 0.15) is 34.8 Å². The van der Waals surface area contributed by atoms with Gasteiger partial charge in [-0.1, -0.05) is 6.07 Å². The third kappa shape index (κ3) is 2.78. The molecule has 0 bridgehead atoms. The van der Waals surface area contributed by atoms with Crippen LogP contribution in [0.2, 0.25) is 0 Å². The Bertz CT molecular complexity index is 589. The lowest BCUT2D eigenvalue weighted by Gasteiger charge is -2.12. The Morgan fingerprint density at radius 2 is 2.00 bits per heavy atom. The minimum Gasteiger partial charge on any atom is -0.344 e. The van der Waals surface area contributed by atoms with Gasteiger partial charge < -0.3 is 10.3 Å². The van der Waals surface area contributed by atoms with Gasteiger partial charge in [0.1, 0.15) is 23.0 Å². The molecule has 2 N–H and O–H groups in total. The number of rotatable bonds is 3. The van der Waals surface area contributed by atoms with Crippen molar-refractivity contribution >= 4 is 5.91 Å². The zero-order chi connectivity index (χ0) is 14.0. The minimum atomic E-state index is -0.889.